The summed E-state index contributed by atoms with van der Waals surface area (Å²) >= 11 is 1.86. The van der Waals surface area contributed by atoms with Gasteiger partial charge in [-0.05, 0) is 30.9 Å². The fourth-order valence-corrected chi connectivity index (χ4v) is 3.65. The number of hydrogen-bond donors (Lipinski definition) is 1. The summed E-state index contributed by atoms with van der Waals surface area (Å²) in [6.07, 6.45) is 1.73. The van der Waals surface area contributed by atoms with E-state index in [1.807, 2.05) is 18.4 Å². The highest BCUT2D eigenvalue weighted by Gasteiger charge is 2.14. The molecule has 20 heavy (non-hydrogen) atoms. The van der Waals surface area contributed by atoms with Crippen molar-refractivity contribution in [2.75, 3.05) is 0 Å². The Hall–Kier alpha value is -1.72. The highest BCUT2D eigenvalue weighted by Crippen LogP contribution is 2.34. The van der Waals surface area contributed by atoms with Crippen LogP contribution in [0.3, 0.4) is 0 Å². The molecule has 0 amide bonds. The summed E-state index contributed by atoms with van der Waals surface area (Å²) in [5.74, 6) is 0.832. The Morgan fingerprint density at radius 2 is 2.15 bits per heavy atom. The number of hydrogen-bond acceptors (Lipinski definition) is 4. The van der Waals surface area contributed by atoms with Gasteiger partial charge in [0.1, 0.15) is 6.33 Å². The second-order valence-electron chi connectivity index (χ2n) is 5.02. The third kappa shape index (κ3) is 2.46. The first kappa shape index (κ1) is 13.3. The summed E-state index contributed by atoms with van der Waals surface area (Å²) in [4.78, 5) is 5.63. The van der Waals surface area contributed by atoms with Crippen LogP contribution in [-0.4, -0.2) is 14.8 Å². The van der Waals surface area contributed by atoms with Crippen LogP contribution >= 0.6 is 11.3 Å². The molecule has 1 N–H and O–H groups in total. The van der Waals surface area contributed by atoms with Crippen molar-refractivity contribution in [2.24, 2.45) is 7.05 Å². The minimum Gasteiger partial charge on any atom is -0.302 e. The van der Waals surface area contributed by atoms with Crippen molar-refractivity contribution in [3.05, 3.63) is 46.9 Å². The van der Waals surface area contributed by atoms with E-state index in [4.69, 9.17) is 0 Å². The molecule has 0 aliphatic carbocycles. The SMILES string of the molecule is Cc1c(C(C)NCc2ncn(C)n2)sc2ccccc12. The number of thiophene rings is 1. The van der Waals surface area contributed by atoms with Crippen LogP contribution in [-0.2, 0) is 13.6 Å². The molecule has 2 heterocycles. The molecule has 1 aromatic carbocycles. The van der Waals surface area contributed by atoms with E-state index in [-0.39, 0.29) is 0 Å². The number of aromatic nitrogens is 3. The Bertz CT molecular complexity index is 728. The minimum absolute atomic E-state index is 0.302. The Morgan fingerprint density at radius 1 is 1.35 bits per heavy atom. The number of rotatable bonds is 4. The summed E-state index contributed by atoms with van der Waals surface area (Å²) in [7, 11) is 1.88. The number of nitrogens with zero attached hydrogens (tertiary/aromatic N) is 3. The Labute approximate surface area is 122 Å². The maximum atomic E-state index is 4.29. The van der Waals surface area contributed by atoms with Gasteiger partial charge in [0, 0.05) is 22.7 Å². The zero-order chi connectivity index (χ0) is 14.1. The Morgan fingerprint density at radius 3 is 2.85 bits per heavy atom. The van der Waals surface area contributed by atoms with Gasteiger partial charge >= 0.3 is 0 Å². The van der Waals surface area contributed by atoms with E-state index in [1.165, 1.54) is 20.5 Å². The smallest absolute Gasteiger partial charge is 0.164 e. The molecule has 0 fully saturated rings. The van der Waals surface area contributed by atoms with Gasteiger partial charge in [-0.25, -0.2) is 4.98 Å². The van der Waals surface area contributed by atoms with Crippen molar-refractivity contribution in [1.82, 2.24) is 20.1 Å². The molecule has 0 saturated heterocycles. The van der Waals surface area contributed by atoms with E-state index < -0.39 is 0 Å². The van der Waals surface area contributed by atoms with E-state index in [1.54, 1.807) is 11.0 Å². The molecule has 104 valence electrons. The lowest BCUT2D eigenvalue weighted by atomic mass is 10.1. The van der Waals surface area contributed by atoms with Gasteiger partial charge in [0.2, 0.25) is 0 Å². The van der Waals surface area contributed by atoms with E-state index in [9.17, 15) is 0 Å². The van der Waals surface area contributed by atoms with Crippen molar-refractivity contribution in [3.8, 4) is 0 Å². The summed E-state index contributed by atoms with van der Waals surface area (Å²) in [6, 6.07) is 8.87. The molecule has 0 aliphatic rings. The highest BCUT2D eigenvalue weighted by molar-refractivity contribution is 7.19. The zero-order valence-electron chi connectivity index (χ0n) is 11.9. The maximum absolute atomic E-state index is 4.29. The molecule has 2 aromatic heterocycles. The van der Waals surface area contributed by atoms with Crippen molar-refractivity contribution < 1.29 is 0 Å². The van der Waals surface area contributed by atoms with Crippen LogP contribution in [0, 0.1) is 6.92 Å². The lowest BCUT2D eigenvalue weighted by Crippen LogP contribution is -2.18. The van der Waals surface area contributed by atoms with E-state index in [0.29, 0.717) is 12.6 Å². The van der Waals surface area contributed by atoms with Gasteiger partial charge < -0.3 is 5.32 Å². The first-order chi connectivity index (χ1) is 9.65. The minimum atomic E-state index is 0.302. The molecule has 0 spiro atoms. The molecule has 4 nitrogen and oxygen atoms in total. The van der Waals surface area contributed by atoms with Crippen LogP contribution in [0.1, 0.15) is 29.2 Å². The molecule has 3 rings (SSSR count). The quantitative estimate of drug-likeness (QED) is 0.801. The fraction of sp³-hybridized carbons (Fsp3) is 0.333. The lowest BCUT2D eigenvalue weighted by Gasteiger charge is -2.11. The summed E-state index contributed by atoms with van der Waals surface area (Å²) in [5.41, 5.74) is 1.37. The predicted molar refractivity (Wildman–Crippen MR) is 82.8 cm³/mol. The highest BCUT2D eigenvalue weighted by atomic mass is 32.1. The zero-order valence-corrected chi connectivity index (χ0v) is 12.7. The fourth-order valence-electron chi connectivity index (χ4n) is 2.41. The average Bonchev–Trinajstić information content (AvgIpc) is 3.01. The summed E-state index contributed by atoms with van der Waals surface area (Å²) in [6.45, 7) is 5.09. The van der Waals surface area contributed by atoms with Crippen LogP contribution in [0.5, 0.6) is 0 Å². The van der Waals surface area contributed by atoms with Crippen molar-refractivity contribution in [1.29, 1.82) is 0 Å². The van der Waals surface area contributed by atoms with Crippen molar-refractivity contribution >= 4 is 21.4 Å². The van der Waals surface area contributed by atoms with Crippen LogP contribution in [0.25, 0.3) is 10.1 Å². The van der Waals surface area contributed by atoms with Crippen LogP contribution in [0.4, 0.5) is 0 Å². The van der Waals surface area contributed by atoms with E-state index in [0.717, 1.165) is 5.82 Å². The first-order valence-corrected chi connectivity index (χ1v) is 7.52. The largest absolute Gasteiger partial charge is 0.302 e. The van der Waals surface area contributed by atoms with Gasteiger partial charge in [0.05, 0.1) is 6.54 Å². The van der Waals surface area contributed by atoms with E-state index >= 15 is 0 Å². The number of fused-ring (bicyclic) bond motifs is 1. The molecule has 0 saturated carbocycles. The molecular weight excluding hydrogens is 268 g/mol. The molecule has 5 heteroatoms. The topological polar surface area (TPSA) is 42.7 Å². The Kier molecular flexibility index (Phi) is 3.54. The second kappa shape index (κ2) is 5.34. The summed E-state index contributed by atoms with van der Waals surface area (Å²) < 4.78 is 3.08. The molecule has 0 radical (unpaired) electrons. The van der Waals surface area contributed by atoms with Gasteiger partial charge in [-0.2, -0.15) is 5.10 Å². The number of benzene rings is 1. The Balaban J connectivity index is 1.78. The third-order valence-corrected chi connectivity index (χ3v) is 4.94. The normalized spacial score (nSPS) is 12.9. The number of nitrogens with one attached hydrogen (secondary N) is 1. The molecule has 1 atom stereocenters. The predicted octanol–water partition coefficient (Wildman–Crippen LogP) is 3.19. The summed E-state index contributed by atoms with van der Waals surface area (Å²) in [5, 5.41) is 9.15. The molecule has 1 unspecified atom stereocenters. The van der Waals surface area contributed by atoms with Gasteiger partial charge in [-0.1, -0.05) is 18.2 Å². The molecule has 0 aliphatic heterocycles. The van der Waals surface area contributed by atoms with Crippen LogP contribution in [0.15, 0.2) is 30.6 Å². The van der Waals surface area contributed by atoms with Crippen molar-refractivity contribution in [2.45, 2.75) is 26.4 Å². The second-order valence-corrected chi connectivity index (χ2v) is 6.11. The molecule has 0 bridgehead atoms. The van der Waals surface area contributed by atoms with Gasteiger partial charge in [-0.15, -0.1) is 11.3 Å². The van der Waals surface area contributed by atoms with Gasteiger partial charge in [0.15, 0.2) is 5.82 Å². The van der Waals surface area contributed by atoms with Crippen molar-refractivity contribution in [3.63, 3.8) is 0 Å². The standard InChI is InChI=1S/C15H18N4S/c1-10-12-6-4-5-7-13(12)20-15(10)11(2)16-8-14-17-9-19(3)18-14/h4-7,9,11,16H,8H2,1-3H3. The monoisotopic (exact) mass is 286 g/mol. The van der Waals surface area contributed by atoms with Crippen LogP contribution < -0.4 is 5.32 Å². The maximum Gasteiger partial charge on any atom is 0.164 e. The van der Waals surface area contributed by atoms with Gasteiger partial charge in [0.25, 0.3) is 0 Å². The number of aryl methyl sites for hydroxylation is 2. The van der Waals surface area contributed by atoms with Crippen LogP contribution in [0.2, 0.25) is 0 Å². The molecular formula is C15H18N4S. The van der Waals surface area contributed by atoms with E-state index in [2.05, 4.69) is 53.5 Å². The molecule has 3 aromatic rings. The first-order valence-electron chi connectivity index (χ1n) is 6.71. The average molecular weight is 286 g/mol. The third-order valence-electron chi connectivity index (χ3n) is 3.49. The van der Waals surface area contributed by atoms with Gasteiger partial charge in [-0.3, -0.25) is 4.68 Å². The lowest BCUT2D eigenvalue weighted by molar-refractivity contribution is 0.561.